The first kappa shape index (κ1) is 13.9. The summed E-state index contributed by atoms with van der Waals surface area (Å²) >= 11 is 0. The summed E-state index contributed by atoms with van der Waals surface area (Å²) in [5.74, 6) is -1.30. The van der Waals surface area contributed by atoms with Crippen molar-refractivity contribution < 1.29 is 19.1 Å². The molecular weight excluding hydrogens is 258 g/mol. The molecule has 2 rings (SSSR count). The average molecular weight is 273 g/mol. The van der Waals surface area contributed by atoms with E-state index in [-0.39, 0.29) is 12.3 Å². The quantitative estimate of drug-likeness (QED) is 0.874. The van der Waals surface area contributed by atoms with Gasteiger partial charge >= 0.3 is 5.97 Å². The van der Waals surface area contributed by atoms with Crippen LogP contribution in [0.4, 0.5) is 0 Å². The zero-order chi connectivity index (χ0) is 14.4. The second kappa shape index (κ2) is 6.56. The number of amides is 1. The zero-order valence-corrected chi connectivity index (χ0v) is 10.9. The number of carboxylic acid groups (broad SMARTS) is 1. The highest BCUT2D eigenvalue weighted by Gasteiger charge is 2.20. The van der Waals surface area contributed by atoms with Crippen LogP contribution < -0.4 is 0 Å². The summed E-state index contributed by atoms with van der Waals surface area (Å²) in [5, 5.41) is 8.90. The lowest BCUT2D eigenvalue weighted by molar-refractivity contribution is -0.137. The van der Waals surface area contributed by atoms with Crippen molar-refractivity contribution in [1.29, 1.82) is 0 Å². The first-order chi connectivity index (χ1) is 9.66. The molecule has 0 saturated heterocycles. The normalized spacial score (nSPS) is 10.2. The third-order valence-corrected chi connectivity index (χ3v) is 2.86. The van der Waals surface area contributed by atoms with E-state index in [9.17, 15) is 9.59 Å². The van der Waals surface area contributed by atoms with Crippen molar-refractivity contribution in [1.82, 2.24) is 4.90 Å². The summed E-state index contributed by atoms with van der Waals surface area (Å²) < 4.78 is 5.03. The van der Waals surface area contributed by atoms with E-state index in [1.165, 1.54) is 17.2 Å². The van der Waals surface area contributed by atoms with Crippen LogP contribution in [0, 0.1) is 0 Å². The highest BCUT2D eigenvalue weighted by Crippen LogP contribution is 2.08. The Hall–Kier alpha value is -2.56. The number of aliphatic carboxylic acids is 1. The second-order valence-corrected chi connectivity index (χ2v) is 4.33. The summed E-state index contributed by atoms with van der Waals surface area (Å²) in [6.07, 6.45) is 1.99. The Morgan fingerprint density at radius 3 is 2.45 bits per heavy atom. The van der Waals surface area contributed by atoms with Gasteiger partial charge in [-0.2, -0.15) is 0 Å². The van der Waals surface area contributed by atoms with E-state index < -0.39 is 11.9 Å². The summed E-state index contributed by atoms with van der Waals surface area (Å²) in [4.78, 5) is 24.3. The third-order valence-electron chi connectivity index (χ3n) is 2.86. The fraction of sp³-hybridized carbons (Fsp3) is 0.200. The van der Waals surface area contributed by atoms with Crippen LogP contribution in [-0.2, 0) is 11.2 Å². The maximum Gasteiger partial charge on any atom is 0.323 e. The molecule has 1 heterocycles. The number of carbonyl (C=O) groups excluding carboxylic acids is 1. The van der Waals surface area contributed by atoms with Crippen molar-refractivity contribution >= 4 is 11.9 Å². The first-order valence-corrected chi connectivity index (χ1v) is 6.25. The van der Waals surface area contributed by atoms with Gasteiger partial charge < -0.3 is 14.4 Å². The van der Waals surface area contributed by atoms with Crippen LogP contribution in [0.15, 0.2) is 53.1 Å². The van der Waals surface area contributed by atoms with E-state index in [1.54, 1.807) is 6.07 Å². The van der Waals surface area contributed by atoms with Crippen molar-refractivity contribution in [2.24, 2.45) is 0 Å². The monoisotopic (exact) mass is 273 g/mol. The number of carbonyl (C=O) groups is 2. The van der Waals surface area contributed by atoms with E-state index in [1.807, 2.05) is 30.3 Å². The molecule has 0 radical (unpaired) electrons. The van der Waals surface area contributed by atoms with Crippen molar-refractivity contribution in [2.75, 3.05) is 13.1 Å². The van der Waals surface area contributed by atoms with Crippen LogP contribution in [0.3, 0.4) is 0 Å². The number of rotatable bonds is 6. The third kappa shape index (κ3) is 3.71. The molecule has 1 aromatic heterocycles. The highest BCUT2D eigenvalue weighted by molar-refractivity contribution is 5.93. The van der Waals surface area contributed by atoms with Gasteiger partial charge in [-0.15, -0.1) is 0 Å². The molecule has 0 aliphatic carbocycles. The fourth-order valence-electron chi connectivity index (χ4n) is 1.88. The van der Waals surface area contributed by atoms with Crippen LogP contribution in [0.5, 0.6) is 0 Å². The molecule has 5 nitrogen and oxygen atoms in total. The van der Waals surface area contributed by atoms with Gasteiger partial charge in [0.15, 0.2) is 5.76 Å². The van der Waals surface area contributed by atoms with Gasteiger partial charge in [0.1, 0.15) is 6.54 Å². The number of hydrogen-bond acceptors (Lipinski definition) is 3. The standard InChI is InChI=1S/C15H15NO4/c17-14(18)11-16(15(19)13-7-4-10-20-13)9-8-12-5-2-1-3-6-12/h1-7,10H,8-9,11H2,(H,17,18). The SMILES string of the molecule is O=C(O)CN(CCc1ccccc1)C(=O)c1ccco1. The fourth-order valence-corrected chi connectivity index (χ4v) is 1.88. The Kier molecular flexibility index (Phi) is 4.55. The summed E-state index contributed by atoms with van der Waals surface area (Å²) in [6.45, 7) is -0.0117. The van der Waals surface area contributed by atoms with Crippen molar-refractivity contribution in [3.05, 3.63) is 60.1 Å². The molecule has 5 heteroatoms. The van der Waals surface area contributed by atoms with Gasteiger partial charge in [0.25, 0.3) is 5.91 Å². The molecule has 0 saturated carbocycles. The number of nitrogens with zero attached hydrogens (tertiary/aromatic N) is 1. The van der Waals surface area contributed by atoms with Crippen LogP contribution in [0.1, 0.15) is 16.1 Å². The lowest BCUT2D eigenvalue weighted by Gasteiger charge is -2.19. The molecule has 1 amide bonds. The van der Waals surface area contributed by atoms with Crippen molar-refractivity contribution in [2.45, 2.75) is 6.42 Å². The molecular formula is C15H15NO4. The Balaban J connectivity index is 2.04. The average Bonchev–Trinajstić information content (AvgIpc) is 2.97. The molecule has 2 aromatic rings. The molecule has 1 N–H and O–H groups in total. The van der Waals surface area contributed by atoms with Crippen LogP contribution in [0.25, 0.3) is 0 Å². The maximum absolute atomic E-state index is 12.1. The largest absolute Gasteiger partial charge is 0.480 e. The predicted molar refractivity (Wildman–Crippen MR) is 72.4 cm³/mol. The van der Waals surface area contributed by atoms with Gasteiger partial charge in [-0.25, -0.2) is 0 Å². The molecule has 104 valence electrons. The van der Waals surface area contributed by atoms with E-state index >= 15 is 0 Å². The minimum atomic E-state index is -1.04. The van der Waals surface area contributed by atoms with E-state index in [4.69, 9.17) is 9.52 Å². The summed E-state index contributed by atoms with van der Waals surface area (Å²) in [6, 6.07) is 12.7. The first-order valence-electron chi connectivity index (χ1n) is 6.25. The van der Waals surface area contributed by atoms with Crippen LogP contribution in [0.2, 0.25) is 0 Å². The topological polar surface area (TPSA) is 70.8 Å². The Labute approximate surface area is 116 Å². The lowest BCUT2D eigenvalue weighted by atomic mass is 10.1. The van der Waals surface area contributed by atoms with Crippen LogP contribution >= 0.6 is 0 Å². The van der Waals surface area contributed by atoms with Crippen LogP contribution in [-0.4, -0.2) is 35.0 Å². The minimum absolute atomic E-state index is 0.152. The molecule has 0 unspecified atom stereocenters. The second-order valence-electron chi connectivity index (χ2n) is 4.33. The smallest absolute Gasteiger partial charge is 0.323 e. The Bertz CT molecular complexity index is 563. The molecule has 0 aliphatic heterocycles. The van der Waals surface area contributed by atoms with Gasteiger partial charge in [-0.3, -0.25) is 9.59 Å². The van der Waals surface area contributed by atoms with Crippen molar-refractivity contribution in [3.63, 3.8) is 0 Å². The molecule has 20 heavy (non-hydrogen) atoms. The number of carboxylic acids is 1. The molecule has 0 aliphatic rings. The number of hydrogen-bond donors (Lipinski definition) is 1. The van der Waals surface area contributed by atoms with E-state index in [0.717, 1.165) is 5.56 Å². The van der Waals surface area contributed by atoms with Crippen molar-refractivity contribution in [3.8, 4) is 0 Å². The Morgan fingerprint density at radius 2 is 1.85 bits per heavy atom. The predicted octanol–water partition coefficient (Wildman–Crippen LogP) is 2.05. The van der Waals surface area contributed by atoms with Gasteiger partial charge in [0.05, 0.1) is 6.26 Å². The minimum Gasteiger partial charge on any atom is -0.480 e. The van der Waals surface area contributed by atoms with E-state index in [0.29, 0.717) is 13.0 Å². The van der Waals surface area contributed by atoms with Gasteiger partial charge in [0.2, 0.25) is 0 Å². The molecule has 0 bridgehead atoms. The van der Waals surface area contributed by atoms with E-state index in [2.05, 4.69) is 0 Å². The molecule has 0 fully saturated rings. The van der Waals surface area contributed by atoms with Gasteiger partial charge in [0, 0.05) is 6.54 Å². The number of benzene rings is 1. The summed E-state index contributed by atoms with van der Waals surface area (Å²) in [7, 11) is 0. The highest BCUT2D eigenvalue weighted by atomic mass is 16.4. The number of furan rings is 1. The molecule has 0 atom stereocenters. The molecule has 1 aromatic carbocycles. The summed E-state index contributed by atoms with van der Waals surface area (Å²) in [5.41, 5.74) is 1.05. The zero-order valence-electron chi connectivity index (χ0n) is 10.9. The maximum atomic E-state index is 12.1. The van der Waals surface area contributed by atoms with Gasteiger partial charge in [-0.1, -0.05) is 30.3 Å². The lowest BCUT2D eigenvalue weighted by Crippen LogP contribution is -2.37. The Morgan fingerprint density at radius 1 is 1.10 bits per heavy atom. The molecule has 0 spiro atoms. The van der Waals surface area contributed by atoms with Gasteiger partial charge in [-0.05, 0) is 24.1 Å².